The highest BCUT2D eigenvalue weighted by Gasteiger charge is 2.07. The first kappa shape index (κ1) is 13.1. The van der Waals surface area contributed by atoms with Crippen LogP contribution in [0.5, 0.6) is 0 Å². The van der Waals surface area contributed by atoms with Gasteiger partial charge in [-0.2, -0.15) is 0 Å². The third-order valence-corrected chi connectivity index (χ3v) is 3.59. The number of halogens is 3. The highest BCUT2D eigenvalue weighted by Crippen LogP contribution is 2.32. The summed E-state index contributed by atoms with van der Waals surface area (Å²) in [6, 6.07) is 8.15. The summed E-state index contributed by atoms with van der Waals surface area (Å²) < 4.78 is 26.2. The molecule has 0 aliphatic carbocycles. The van der Waals surface area contributed by atoms with Gasteiger partial charge in [-0.25, -0.2) is 8.78 Å². The molecule has 0 aliphatic heterocycles. The molecule has 2 rings (SSSR count). The number of benzene rings is 2. The quantitative estimate of drug-likeness (QED) is 0.767. The maximum Gasteiger partial charge on any atom is 0.151 e. The van der Waals surface area contributed by atoms with Crippen LogP contribution in [0.25, 0.3) is 0 Å². The first-order chi connectivity index (χ1) is 8.60. The molecule has 0 fully saturated rings. The molecule has 0 N–H and O–H groups in total. The lowest BCUT2D eigenvalue weighted by atomic mass is 10.2. The van der Waals surface area contributed by atoms with E-state index in [1.54, 1.807) is 18.2 Å². The zero-order chi connectivity index (χ0) is 13.1. The minimum atomic E-state index is -0.629. The fourth-order valence-corrected chi connectivity index (χ4v) is 2.50. The zero-order valence-corrected chi connectivity index (χ0v) is 10.6. The van der Waals surface area contributed by atoms with Gasteiger partial charge < -0.3 is 0 Å². The van der Waals surface area contributed by atoms with Crippen molar-refractivity contribution in [3.8, 4) is 0 Å². The van der Waals surface area contributed by atoms with Crippen molar-refractivity contribution >= 4 is 29.6 Å². The second-order valence-corrected chi connectivity index (χ2v) is 5.00. The van der Waals surface area contributed by atoms with Gasteiger partial charge in [-0.15, -0.1) is 0 Å². The Hall–Kier alpha value is -1.39. The Labute approximate surface area is 112 Å². The van der Waals surface area contributed by atoms with E-state index in [2.05, 4.69) is 0 Å². The Morgan fingerprint density at radius 1 is 1.11 bits per heavy atom. The van der Waals surface area contributed by atoms with Crippen LogP contribution in [0.3, 0.4) is 0 Å². The van der Waals surface area contributed by atoms with Crippen LogP contribution >= 0.6 is 23.4 Å². The standard InChI is InChI=1S/C13H7ClF2OS/c14-11-6-10(3-1-8(11)7-17)18-13-4-2-9(15)5-12(13)16/h1-7H. The van der Waals surface area contributed by atoms with Gasteiger partial charge >= 0.3 is 0 Å². The topological polar surface area (TPSA) is 17.1 Å². The highest BCUT2D eigenvalue weighted by atomic mass is 35.5. The van der Waals surface area contributed by atoms with Gasteiger partial charge in [0.1, 0.15) is 11.6 Å². The van der Waals surface area contributed by atoms with E-state index in [0.717, 1.165) is 17.8 Å². The minimum Gasteiger partial charge on any atom is -0.298 e. The molecular formula is C13H7ClF2OS. The number of hydrogen-bond acceptors (Lipinski definition) is 2. The monoisotopic (exact) mass is 284 g/mol. The van der Waals surface area contributed by atoms with E-state index < -0.39 is 11.6 Å². The predicted octanol–water partition coefficient (Wildman–Crippen LogP) is 4.58. The summed E-state index contributed by atoms with van der Waals surface area (Å²) in [7, 11) is 0. The van der Waals surface area contributed by atoms with E-state index in [4.69, 9.17) is 11.6 Å². The molecule has 0 amide bonds. The summed E-state index contributed by atoms with van der Waals surface area (Å²) in [5.41, 5.74) is 0.376. The molecule has 18 heavy (non-hydrogen) atoms. The van der Waals surface area contributed by atoms with Crippen LogP contribution in [0.1, 0.15) is 10.4 Å². The van der Waals surface area contributed by atoms with Crippen molar-refractivity contribution in [3.05, 3.63) is 58.6 Å². The lowest BCUT2D eigenvalue weighted by molar-refractivity contribution is 0.112. The van der Waals surface area contributed by atoms with Crippen molar-refractivity contribution in [2.24, 2.45) is 0 Å². The minimum absolute atomic E-state index is 0.298. The summed E-state index contributed by atoms with van der Waals surface area (Å²) in [6.45, 7) is 0. The SMILES string of the molecule is O=Cc1ccc(Sc2ccc(F)cc2F)cc1Cl. The highest BCUT2D eigenvalue weighted by molar-refractivity contribution is 7.99. The first-order valence-corrected chi connectivity index (χ1v) is 6.17. The molecule has 0 aromatic heterocycles. The van der Waals surface area contributed by atoms with Gasteiger partial charge in [0, 0.05) is 21.4 Å². The number of hydrogen-bond donors (Lipinski definition) is 0. The van der Waals surface area contributed by atoms with Crippen LogP contribution in [-0.4, -0.2) is 6.29 Å². The van der Waals surface area contributed by atoms with E-state index in [9.17, 15) is 13.6 Å². The van der Waals surface area contributed by atoms with E-state index in [1.807, 2.05) is 0 Å². The van der Waals surface area contributed by atoms with Gasteiger partial charge in [-0.1, -0.05) is 23.4 Å². The summed E-state index contributed by atoms with van der Waals surface area (Å²) in [4.78, 5) is 11.6. The molecule has 0 atom stereocenters. The van der Waals surface area contributed by atoms with Crippen molar-refractivity contribution < 1.29 is 13.6 Å². The normalized spacial score (nSPS) is 10.4. The summed E-state index contributed by atoms with van der Waals surface area (Å²) in [5, 5.41) is 0.303. The molecule has 2 aromatic carbocycles. The summed E-state index contributed by atoms with van der Waals surface area (Å²) >= 11 is 6.98. The maximum absolute atomic E-state index is 13.4. The van der Waals surface area contributed by atoms with Crippen molar-refractivity contribution in [2.75, 3.05) is 0 Å². The number of carbonyl (C=O) groups is 1. The second-order valence-electron chi connectivity index (χ2n) is 3.48. The molecule has 0 spiro atoms. The van der Waals surface area contributed by atoms with Crippen LogP contribution in [0, 0.1) is 11.6 Å². The van der Waals surface area contributed by atoms with Crippen LogP contribution in [-0.2, 0) is 0 Å². The zero-order valence-electron chi connectivity index (χ0n) is 8.99. The Morgan fingerprint density at radius 3 is 2.50 bits per heavy atom. The van der Waals surface area contributed by atoms with Gasteiger partial charge in [-0.3, -0.25) is 4.79 Å². The van der Waals surface area contributed by atoms with E-state index in [-0.39, 0.29) is 0 Å². The first-order valence-electron chi connectivity index (χ1n) is 4.98. The molecule has 1 nitrogen and oxygen atoms in total. The second kappa shape index (κ2) is 5.50. The van der Waals surface area contributed by atoms with E-state index in [0.29, 0.717) is 26.7 Å². The fourth-order valence-electron chi connectivity index (χ4n) is 1.35. The van der Waals surface area contributed by atoms with Gasteiger partial charge in [0.25, 0.3) is 0 Å². The van der Waals surface area contributed by atoms with Crippen molar-refractivity contribution in [1.82, 2.24) is 0 Å². The molecule has 2 aromatic rings. The predicted molar refractivity (Wildman–Crippen MR) is 67.3 cm³/mol. The fraction of sp³-hybridized carbons (Fsp3) is 0. The van der Waals surface area contributed by atoms with Crippen LogP contribution in [0.2, 0.25) is 5.02 Å². The number of rotatable bonds is 3. The van der Waals surface area contributed by atoms with Crippen molar-refractivity contribution in [2.45, 2.75) is 9.79 Å². The molecule has 92 valence electrons. The average molecular weight is 285 g/mol. The lowest BCUT2D eigenvalue weighted by Crippen LogP contribution is -1.85. The van der Waals surface area contributed by atoms with Crippen LogP contribution in [0.4, 0.5) is 8.78 Å². The molecule has 0 saturated carbocycles. The maximum atomic E-state index is 13.4. The Bertz CT molecular complexity index is 602. The van der Waals surface area contributed by atoms with Gasteiger partial charge in [-0.05, 0) is 30.3 Å². The van der Waals surface area contributed by atoms with E-state index >= 15 is 0 Å². The molecule has 0 radical (unpaired) electrons. The van der Waals surface area contributed by atoms with Crippen molar-refractivity contribution in [3.63, 3.8) is 0 Å². The van der Waals surface area contributed by atoms with Crippen molar-refractivity contribution in [1.29, 1.82) is 0 Å². The Balaban J connectivity index is 2.28. The van der Waals surface area contributed by atoms with Gasteiger partial charge in [0.2, 0.25) is 0 Å². The molecule has 0 bridgehead atoms. The lowest BCUT2D eigenvalue weighted by Gasteiger charge is -2.04. The van der Waals surface area contributed by atoms with Crippen LogP contribution in [0.15, 0.2) is 46.2 Å². The van der Waals surface area contributed by atoms with Gasteiger partial charge in [0.15, 0.2) is 6.29 Å². The largest absolute Gasteiger partial charge is 0.298 e. The average Bonchev–Trinajstić information content (AvgIpc) is 2.33. The molecular weight excluding hydrogens is 278 g/mol. The molecule has 0 saturated heterocycles. The Kier molecular flexibility index (Phi) is 3.99. The molecule has 0 heterocycles. The third-order valence-electron chi connectivity index (χ3n) is 2.22. The summed E-state index contributed by atoms with van der Waals surface area (Å²) in [5.74, 6) is -1.25. The Morgan fingerprint density at radius 2 is 1.89 bits per heavy atom. The number of carbonyl (C=O) groups excluding carboxylic acids is 1. The third kappa shape index (κ3) is 2.89. The van der Waals surface area contributed by atoms with Gasteiger partial charge in [0.05, 0.1) is 5.02 Å². The smallest absolute Gasteiger partial charge is 0.151 e. The molecule has 0 aliphatic rings. The number of aldehydes is 1. The molecule has 5 heteroatoms. The summed E-state index contributed by atoms with van der Waals surface area (Å²) in [6.07, 6.45) is 0.648. The van der Waals surface area contributed by atoms with Crippen LogP contribution < -0.4 is 0 Å². The van der Waals surface area contributed by atoms with E-state index in [1.165, 1.54) is 12.1 Å². The molecule has 0 unspecified atom stereocenters.